The zero-order valence-electron chi connectivity index (χ0n) is 20.9. The molecule has 2 aromatic rings. The van der Waals surface area contributed by atoms with Gasteiger partial charge in [-0.1, -0.05) is 112 Å². The number of hydrogen-bond donors (Lipinski definition) is 1. The fourth-order valence-corrected chi connectivity index (χ4v) is 8.87. The van der Waals surface area contributed by atoms with Gasteiger partial charge in [0.1, 0.15) is 0 Å². The maximum Gasteiger partial charge on any atom is 0.330 e. The van der Waals surface area contributed by atoms with E-state index in [1.54, 1.807) is 0 Å². The molecule has 0 saturated heterocycles. The van der Waals surface area contributed by atoms with Crippen LogP contribution in [0, 0.1) is 11.8 Å². The molecule has 1 unspecified atom stereocenters. The summed E-state index contributed by atoms with van der Waals surface area (Å²) in [5.41, 5.74) is 1.15. The third kappa shape index (κ3) is 5.86. The Hall–Kier alpha value is -2.69. The highest BCUT2D eigenvalue weighted by Crippen LogP contribution is 2.41. The van der Waals surface area contributed by atoms with Crippen molar-refractivity contribution in [3.63, 3.8) is 0 Å². The normalized spacial score (nSPS) is 17.1. The Balaban J connectivity index is 1.69. The van der Waals surface area contributed by atoms with Gasteiger partial charge in [0.05, 0.1) is 6.61 Å². The quantitative estimate of drug-likeness (QED) is 0.264. The lowest BCUT2D eigenvalue weighted by molar-refractivity contribution is -0.137. The first kappa shape index (κ1) is 25.9. The highest BCUT2D eigenvalue weighted by molar-refractivity contribution is 6.98. The molecule has 0 aliphatic heterocycles. The van der Waals surface area contributed by atoms with Crippen LogP contribution in [0.15, 0.2) is 96.6 Å². The van der Waals surface area contributed by atoms with Crippen molar-refractivity contribution >= 4 is 24.7 Å². The highest BCUT2D eigenvalue weighted by Gasteiger charge is 2.49. The second kappa shape index (κ2) is 11.6. The van der Waals surface area contributed by atoms with Crippen molar-refractivity contribution < 1.29 is 14.3 Å². The van der Waals surface area contributed by atoms with E-state index in [4.69, 9.17) is 4.74 Å². The van der Waals surface area contributed by atoms with Crippen LogP contribution in [0.3, 0.4) is 0 Å². The Morgan fingerprint density at radius 1 is 1.09 bits per heavy atom. The van der Waals surface area contributed by atoms with E-state index in [0.29, 0.717) is 18.4 Å². The molecule has 0 spiro atoms. The summed E-state index contributed by atoms with van der Waals surface area (Å²) in [4.78, 5) is 24.0. The van der Waals surface area contributed by atoms with Gasteiger partial charge < -0.3 is 9.53 Å². The van der Waals surface area contributed by atoms with Crippen molar-refractivity contribution in [3.05, 3.63) is 96.6 Å². The fourth-order valence-electron chi connectivity index (χ4n) is 5.08. The summed E-state index contributed by atoms with van der Waals surface area (Å²) in [7, 11) is -2.97. The number of allylic oxidation sites excluding steroid dienone is 5. The molecule has 1 N–H and O–H groups in total. The van der Waals surface area contributed by atoms with Crippen molar-refractivity contribution in [2.75, 3.05) is 6.61 Å². The predicted octanol–water partition coefficient (Wildman–Crippen LogP) is 5.56. The minimum Gasteiger partial charge on any atom is -0.463 e. The molecule has 0 aromatic heterocycles. The topological polar surface area (TPSA) is 46.5 Å². The molecule has 3 nitrogen and oxygen atoms in total. The molecule has 34 heavy (non-hydrogen) atoms. The van der Waals surface area contributed by atoms with Gasteiger partial charge in [-0.15, -0.1) is 0 Å². The molecule has 0 fully saturated rings. The summed E-state index contributed by atoms with van der Waals surface area (Å²) in [6.07, 6.45) is 12.8. The summed E-state index contributed by atoms with van der Waals surface area (Å²) in [6.45, 7) is 8.93. The number of carbonyl (C=O) groups is 1. The van der Waals surface area contributed by atoms with Crippen molar-refractivity contribution in [1.82, 2.24) is 0 Å². The summed E-state index contributed by atoms with van der Waals surface area (Å²) in [6, 6.07) is 20.5. The summed E-state index contributed by atoms with van der Waals surface area (Å²) < 4.78 is 5.01. The van der Waals surface area contributed by atoms with E-state index < -0.39 is 8.32 Å². The largest absolute Gasteiger partial charge is 0.463 e. The van der Waals surface area contributed by atoms with E-state index in [1.807, 2.05) is 49.4 Å². The Labute approximate surface area is 206 Å². The van der Waals surface area contributed by atoms with Crippen molar-refractivity contribution in [3.8, 4) is 0 Å². The minimum absolute atomic E-state index is 0.233. The Bertz CT molecular complexity index is 982. The van der Waals surface area contributed by atoms with Gasteiger partial charge in [0.2, 0.25) is 0 Å². The second-order valence-corrected chi connectivity index (χ2v) is 13.8. The van der Waals surface area contributed by atoms with E-state index in [-0.39, 0.29) is 11.0 Å². The molecule has 4 heteroatoms. The third-order valence-corrected chi connectivity index (χ3v) is 11.7. The van der Waals surface area contributed by atoms with Gasteiger partial charge in [0.15, 0.2) is 0 Å². The monoisotopic (exact) mass is 474 g/mol. The molecule has 3 rings (SSSR count). The van der Waals surface area contributed by atoms with Crippen LogP contribution in [0.25, 0.3) is 0 Å². The summed E-state index contributed by atoms with van der Waals surface area (Å²) in [5, 5.41) is 1.89. The Morgan fingerprint density at radius 3 is 2.24 bits per heavy atom. The molecule has 0 amide bonds. The first-order chi connectivity index (χ1) is 16.3. The molecule has 2 aromatic carbocycles. The number of benzene rings is 2. The van der Waals surface area contributed by atoms with Gasteiger partial charge in [0, 0.05) is 12.0 Å². The van der Waals surface area contributed by atoms with E-state index in [1.165, 1.54) is 6.08 Å². The fraction of sp³-hybridized carbons (Fsp3) is 0.367. The maximum absolute atomic E-state index is 12.3. The Kier molecular flexibility index (Phi) is 8.87. The molecular weight excluding hydrogens is 436 g/mol. The van der Waals surface area contributed by atoms with Crippen molar-refractivity contribution in [2.24, 2.45) is 11.8 Å². The van der Waals surface area contributed by atoms with E-state index in [9.17, 15) is 9.59 Å². The molecule has 0 saturated carbocycles. The van der Waals surface area contributed by atoms with Gasteiger partial charge in [-0.3, -0.25) is 0 Å². The summed E-state index contributed by atoms with van der Waals surface area (Å²) in [5.74, 6) is 0.443. The first-order valence-corrected chi connectivity index (χ1v) is 14.3. The lowest BCUT2D eigenvalue weighted by atomic mass is 9.85. The number of rotatable bonds is 11. The van der Waals surface area contributed by atoms with Crippen LogP contribution in [-0.2, 0) is 9.53 Å². The Morgan fingerprint density at radius 2 is 1.68 bits per heavy atom. The smallest absolute Gasteiger partial charge is 0.330 e. The van der Waals surface area contributed by atoms with Crippen molar-refractivity contribution in [2.45, 2.75) is 52.0 Å². The SMILES string of the molecule is CCOC(=O)/C=C\C1=CC=CC1[C@@H](C)CCCC(C)(C)[Si](O)(c1ccccc1)c1ccccc1. The van der Waals surface area contributed by atoms with E-state index >= 15 is 0 Å². The zero-order chi connectivity index (χ0) is 24.6. The van der Waals surface area contributed by atoms with Crippen LogP contribution in [0.2, 0.25) is 5.04 Å². The van der Waals surface area contributed by atoms with E-state index in [0.717, 1.165) is 35.2 Å². The van der Waals surface area contributed by atoms with Crippen LogP contribution in [0.1, 0.15) is 47.0 Å². The third-order valence-electron chi connectivity index (χ3n) is 7.13. The summed E-state index contributed by atoms with van der Waals surface area (Å²) >= 11 is 0. The molecule has 1 aliphatic carbocycles. The lowest BCUT2D eigenvalue weighted by Gasteiger charge is -2.41. The molecular formula is C30H38O3Si. The molecule has 0 bridgehead atoms. The maximum atomic E-state index is 12.3. The van der Waals surface area contributed by atoms with Crippen LogP contribution in [0.5, 0.6) is 0 Å². The van der Waals surface area contributed by atoms with Crippen LogP contribution in [0.4, 0.5) is 0 Å². The van der Waals surface area contributed by atoms with Crippen LogP contribution in [-0.4, -0.2) is 25.7 Å². The van der Waals surface area contributed by atoms with Crippen LogP contribution >= 0.6 is 0 Å². The molecule has 0 heterocycles. The molecule has 1 aliphatic rings. The van der Waals surface area contributed by atoms with Crippen LogP contribution < -0.4 is 10.4 Å². The predicted molar refractivity (Wildman–Crippen MR) is 144 cm³/mol. The number of esters is 1. The second-order valence-electron chi connectivity index (χ2n) is 9.86. The molecule has 0 radical (unpaired) electrons. The first-order valence-electron chi connectivity index (χ1n) is 12.4. The minimum atomic E-state index is -2.97. The highest BCUT2D eigenvalue weighted by atomic mass is 28.4. The number of carbonyl (C=O) groups excluding carboxylic acids is 1. The van der Waals surface area contributed by atoms with Gasteiger partial charge in [0.25, 0.3) is 8.32 Å². The van der Waals surface area contributed by atoms with E-state index in [2.05, 4.69) is 63.3 Å². The van der Waals surface area contributed by atoms with Gasteiger partial charge in [-0.05, 0) is 46.7 Å². The van der Waals surface area contributed by atoms with Gasteiger partial charge >= 0.3 is 5.97 Å². The van der Waals surface area contributed by atoms with Gasteiger partial charge in [-0.2, -0.15) is 0 Å². The number of ether oxygens (including phenoxy) is 1. The average Bonchev–Trinajstić information content (AvgIpc) is 3.32. The average molecular weight is 475 g/mol. The standard InChI is InChI=1S/C30H38O3Si/c1-5-33-29(31)22-21-25-15-12-20-28(25)24(2)14-13-23-30(3,4)34(32,26-16-8-6-9-17-26)27-18-10-7-11-19-27/h6-12,15-22,24,28,32H,5,13-14,23H2,1-4H3/b22-21-/t24-,28?/m0/s1. The number of hydrogen-bond acceptors (Lipinski definition) is 3. The zero-order valence-corrected chi connectivity index (χ0v) is 21.9. The van der Waals surface area contributed by atoms with Gasteiger partial charge in [-0.25, -0.2) is 4.79 Å². The molecule has 2 atom stereocenters. The molecule has 180 valence electrons. The van der Waals surface area contributed by atoms with Crippen molar-refractivity contribution in [1.29, 1.82) is 0 Å². The lowest BCUT2D eigenvalue weighted by Crippen LogP contribution is -2.65.